The highest BCUT2D eigenvalue weighted by Crippen LogP contribution is 2.23. The van der Waals surface area contributed by atoms with Crippen LogP contribution in [0.2, 0.25) is 5.15 Å². The molecular formula is C17H14ClFN6O. The lowest BCUT2D eigenvalue weighted by Gasteiger charge is -2.27. The lowest BCUT2D eigenvalue weighted by atomic mass is 10.2. The summed E-state index contributed by atoms with van der Waals surface area (Å²) < 4.78 is 18.5. The summed E-state index contributed by atoms with van der Waals surface area (Å²) in [4.78, 5) is 16.8. The second kappa shape index (κ2) is 7.19. The van der Waals surface area contributed by atoms with Crippen molar-refractivity contribution in [1.82, 2.24) is 19.9 Å². The highest BCUT2D eigenvalue weighted by atomic mass is 35.5. The van der Waals surface area contributed by atoms with Crippen LogP contribution in [-0.4, -0.2) is 39.2 Å². The zero-order chi connectivity index (χ0) is 17.9. The van der Waals surface area contributed by atoms with E-state index in [0.717, 1.165) is 0 Å². The van der Waals surface area contributed by atoms with Crippen LogP contribution >= 0.6 is 11.6 Å². The maximum Gasteiger partial charge on any atom is 0.214 e. The number of hydrogen-bond donors (Lipinski definition) is 2. The van der Waals surface area contributed by atoms with Crippen LogP contribution in [0.4, 0.5) is 21.7 Å². The number of halogens is 2. The molecule has 0 radical (unpaired) electrons. The number of anilines is 3. The predicted octanol–water partition coefficient (Wildman–Crippen LogP) is 3.28. The van der Waals surface area contributed by atoms with Gasteiger partial charge in [0.25, 0.3) is 0 Å². The van der Waals surface area contributed by atoms with Crippen molar-refractivity contribution >= 4 is 28.9 Å². The number of nitrogens with zero attached hydrogens (tertiary/aromatic N) is 4. The van der Waals surface area contributed by atoms with Crippen molar-refractivity contribution in [2.75, 3.05) is 23.8 Å². The smallest absolute Gasteiger partial charge is 0.214 e. The quantitative estimate of drug-likeness (QED) is 0.665. The Balaban J connectivity index is 1.69. The summed E-state index contributed by atoms with van der Waals surface area (Å²) in [6.07, 6.45) is 1.38. The number of rotatable bonds is 5. The maximum absolute atomic E-state index is 13.3. The summed E-state index contributed by atoms with van der Waals surface area (Å²) in [5.41, 5.74) is 1.06. The van der Waals surface area contributed by atoms with E-state index in [0.29, 0.717) is 47.2 Å². The van der Waals surface area contributed by atoms with Gasteiger partial charge in [-0.25, -0.2) is 19.9 Å². The molecule has 1 aliphatic heterocycles. The Bertz CT molecular complexity index is 937. The highest BCUT2D eigenvalue weighted by Gasteiger charge is 2.19. The molecule has 26 heavy (non-hydrogen) atoms. The average molecular weight is 373 g/mol. The van der Waals surface area contributed by atoms with Gasteiger partial charge in [0.2, 0.25) is 5.95 Å². The van der Waals surface area contributed by atoms with Gasteiger partial charge in [0.1, 0.15) is 22.5 Å². The molecule has 9 heteroatoms. The first kappa shape index (κ1) is 16.6. The number of ether oxygens (including phenoxy) is 1. The summed E-state index contributed by atoms with van der Waals surface area (Å²) in [6.45, 7) is 1.24. The SMILES string of the molecule is Fc1cc(Nc2cc(NC3COC3)nc(-c3cccc(Cl)n3)n2)ccn1. The lowest BCUT2D eigenvalue weighted by molar-refractivity contribution is 0.0209. The molecule has 0 aromatic carbocycles. The van der Waals surface area contributed by atoms with E-state index in [2.05, 4.69) is 30.6 Å². The van der Waals surface area contributed by atoms with E-state index in [9.17, 15) is 4.39 Å². The molecule has 0 unspecified atom stereocenters. The minimum Gasteiger partial charge on any atom is -0.377 e. The predicted molar refractivity (Wildman–Crippen MR) is 96.0 cm³/mol. The lowest BCUT2D eigenvalue weighted by Crippen LogP contribution is -2.40. The van der Waals surface area contributed by atoms with Crippen LogP contribution in [0.25, 0.3) is 11.5 Å². The van der Waals surface area contributed by atoms with E-state index in [1.807, 2.05) is 0 Å². The van der Waals surface area contributed by atoms with Crippen LogP contribution in [0.15, 0.2) is 42.6 Å². The third-order valence-electron chi connectivity index (χ3n) is 3.66. The molecule has 0 bridgehead atoms. The molecule has 1 fully saturated rings. The third kappa shape index (κ3) is 3.87. The molecule has 0 saturated carbocycles. The van der Waals surface area contributed by atoms with Gasteiger partial charge in [-0.2, -0.15) is 4.39 Å². The molecular weight excluding hydrogens is 359 g/mol. The molecule has 7 nitrogen and oxygen atoms in total. The Labute approximate surface area is 153 Å². The van der Waals surface area contributed by atoms with Crippen LogP contribution in [0.3, 0.4) is 0 Å². The first-order valence-corrected chi connectivity index (χ1v) is 8.28. The second-order valence-corrected chi connectivity index (χ2v) is 6.07. The summed E-state index contributed by atoms with van der Waals surface area (Å²) in [5, 5.41) is 6.68. The fraction of sp³-hybridized carbons (Fsp3) is 0.176. The molecule has 0 spiro atoms. The van der Waals surface area contributed by atoms with Crippen LogP contribution in [0.1, 0.15) is 0 Å². The summed E-state index contributed by atoms with van der Waals surface area (Å²) in [5.74, 6) is 0.924. The van der Waals surface area contributed by atoms with Crippen molar-refractivity contribution in [3.8, 4) is 11.5 Å². The Morgan fingerprint density at radius 2 is 1.92 bits per heavy atom. The highest BCUT2D eigenvalue weighted by molar-refractivity contribution is 6.29. The molecule has 2 N–H and O–H groups in total. The minimum atomic E-state index is -0.578. The summed E-state index contributed by atoms with van der Waals surface area (Å²) in [7, 11) is 0. The fourth-order valence-electron chi connectivity index (χ4n) is 2.39. The van der Waals surface area contributed by atoms with Gasteiger partial charge < -0.3 is 15.4 Å². The summed E-state index contributed by atoms with van der Waals surface area (Å²) >= 11 is 5.97. The Morgan fingerprint density at radius 3 is 2.65 bits per heavy atom. The second-order valence-electron chi connectivity index (χ2n) is 5.68. The standard InChI is InChI=1S/C17H14ClFN6O/c18-13-3-1-2-12(23-13)17-24-15(21-10-4-5-20-14(19)6-10)7-16(25-17)22-11-8-26-9-11/h1-7,11H,8-9H2,(H2,20,21,22,24,25). The van der Waals surface area contributed by atoms with Crippen molar-refractivity contribution in [2.45, 2.75) is 6.04 Å². The van der Waals surface area contributed by atoms with Gasteiger partial charge in [-0.1, -0.05) is 17.7 Å². The Morgan fingerprint density at radius 1 is 1.08 bits per heavy atom. The number of aromatic nitrogens is 4. The van der Waals surface area contributed by atoms with E-state index >= 15 is 0 Å². The normalized spacial score (nSPS) is 13.9. The van der Waals surface area contributed by atoms with E-state index in [-0.39, 0.29) is 6.04 Å². The number of nitrogens with one attached hydrogen (secondary N) is 2. The van der Waals surface area contributed by atoms with Gasteiger partial charge in [0.15, 0.2) is 5.82 Å². The largest absolute Gasteiger partial charge is 0.377 e. The Hall–Kier alpha value is -2.84. The minimum absolute atomic E-state index is 0.191. The van der Waals surface area contributed by atoms with Crippen molar-refractivity contribution in [3.05, 3.63) is 53.7 Å². The zero-order valence-electron chi connectivity index (χ0n) is 13.5. The van der Waals surface area contributed by atoms with E-state index < -0.39 is 5.95 Å². The molecule has 0 atom stereocenters. The van der Waals surface area contributed by atoms with Crippen LogP contribution in [-0.2, 0) is 4.74 Å². The van der Waals surface area contributed by atoms with Crippen LogP contribution in [0.5, 0.6) is 0 Å². The van der Waals surface area contributed by atoms with Gasteiger partial charge in [-0.15, -0.1) is 0 Å². The first-order valence-electron chi connectivity index (χ1n) is 7.90. The van der Waals surface area contributed by atoms with Crippen LogP contribution < -0.4 is 10.6 Å². The van der Waals surface area contributed by atoms with E-state index in [1.165, 1.54) is 12.3 Å². The molecule has 4 heterocycles. The van der Waals surface area contributed by atoms with Gasteiger partial charge in [-0.3, -0.25) is 0 Å². The van der Waals surface area contributed by atoms with Gasteiger partial charge in [0.05, 0.1) is 19.3 Å². The third-order valence-corrected chi connectivity index (χ3v) is 3.87. The number of hydrogen-bond acceptors (Lipinski definition) is 7. The van der Waals surface area contributed by atoms with Gasteiger partial charge in [-0.05, 0) is 18.2 Å². The van der Waals surface area contributed by atoms with E-state index in [4.69, 9.17) is 16.3 Å². The molecule has 132 valence electrons. The van der Waals surface area contributed by atoms with Gasteiger partial charge in [0, 0.05) is 24.0 Å². The van der Waals surface area contributed by atoms with E-state index in [1.54, 1.807) is 30.3 Å². The fourth-order valence-corrected chi connectivity index (χ4v) is 2.55. The van der Waals surface area contributed by atoms with Crippen LogP contribution in [0, 0.1) is 5.95 Å². The molecule has 3 aromatic heterocycles. The monoisotopic (exact) mass is 372 g/mol. The Kier molecular flexibility index (Phi) is 4.59. The van der Waals surface area contributed by atoms with Crippen molar-refractivity contribution in [3.63, 3.8) is 0 Å². The topological polar surface area (TPSA) is 84.9 Å². The van der Waals surface area contributed by atoms with Gasteiger partial charge >= 0.3 is 0 Å². The molecule has 1 saturated heterocycles. The van der Waals surface area contributed by atoms with Crippen molar-refractivity contribution in [2.24, 2.45) is 0 Å². The molecule has 4 rings (SSSR count). The first-order chi connectivity index (χ1) is 12.7. The number of pyridine rings is 2. The van der Waals surface area contributed by atoms with Crippen molar-refractivity contribution < 1.29 is 9.13 Å². The average Bonchev–Trinajstić information content (AvgIpc) is 2.58. The zero-order valence-corrected chi connectivity index (χ0v) is 14.2. The summed E-state index contributed by atoms with van der Waals surface area (Å²) in [6, 6.07) is 10.1. The molecule has 3 aromatic rings. The molecule has 0 aliphatic carbocycles. The maximum atomic E-state index is 13.3. The molecule has 0 amide bonds. The van der Waals surface area contributed by atoms with Crippen molar-refractivity contribution in [1.29, 1.82) is 0 Å². The molecule has 1 aliphatic rings.